The summed E-state index contributed by atoms with van der Waals surface area (Å²) >= 11 is 1.62. The molecule has 2 aromatic heterocycles. The van der Waals surface area contributed by atoms with Crippen molar-refractivity contribution >= 4 is 23.1 Å². The summed E-state index contributed by atoms with van der Waals surface area (Å²) in [6, 6.07) is 5.43. The molecule has 4 nitrogen and oxygen atoms in total. The number of nitrogen functional groups attached to an aromatic ring is 1. The molecule has 0 radical (unpaired) electrons. The Hall–Kier alpha value is -1.88. The summed E-state index contributed by atoms with van der Waals surface area (Å²) in [6.07, 6.45) is 1.80. The van der Waals surface area contributed by atoms with Gasteiger partial charge in [-0.15, -0.1) is 0 Å². The van der Waals surface area contributed by atoms with Gasteiger partial charge in [0.2, 0.25) is 0 Å². The number of aryl methyl sites for hydroxylation is 1. The first-order valence-electron chi connectivity index (χ1n) is 6.69. The first-order valence-corrected chi connectivity index (χ1v) is 7.63. The number of nitrogens with zero attached hydrogens (tertiary/aromatic N) is 1. The zero-order chi connectivity index (χ0) is 14.5. The fourth-order valence-electron chi connectivity index (χ4n) is 2.01. The summed E-state index contributed by atoms with van der Waals surface area (Å²) in [7, 11) is 0. The number of nitrogens with one attached hydrogen (secondary N) is 1. The van der Waals surface area contributed by atoms with Gasteiger partial charge in [-0.3, -0.25) is 4.79 Å². The van der Waals surface area contributed by atoms with Crippen LogP contribution in [-0.2, 0) is 6.42 Å². The number of carbonyl (C=O) groups is 1. The van der Waals surface area contributed by atoms with Crippen LogP contribution in [0.15, 0.2) is 29.0 Å². The van der Waals surface area contributed by atoms with Crippen LogP contribution in [0.4, 0.5) is 5.82 Å². The van der Waals surface area contributed by atoms with Gasteiger partial charge in [-0.05, 0) is 47.9 Å². The molecule has 5 heteroatoms. The van der Waals surface area contributed by atoms with Crippen LogP contribution in [0.5, 0.6) is 0 Å². The van der Waals surface area contributed by atoms with Gasteiger partial charge in [0.25, 0.3) is 5.91 Å². The summed E-state index contributed by atoms with van der Waals surface area (Å²) in [5, 5.41) is 7.02. The third-order valence-electron chi connectivity index (χ3n) is 3.06. The SMILES string of the molecule is CCCc1cc(C(=O)NC(C)c2ccsc2)cc(N)n1. The molecule has 2 aromatic rings. The van der Waals surface area contributed by atoms with Gasteiger partial charge < -0.3 is 11.1 Å². The van der Waals surface area contributed by atoms with Crippen LogP contribution in [0.25, 0.3) is 0 Å². The highest BCUT2D eigenvalue weighted by molar-refractivity contribution is 7.07. The molecule has 0 aromatic carbocycles. The molecule has 2 rings (SSSR count). The molecule has 1 amide bonds. The van der Waals surface area contributed by atoms with Crippen molar-refractivity contribution in [2.24, 2.45) is 0 Å². The second kappa shape index (κ2) is 6.52. The number of hydrogen-bond acceptors (Lipinski definition) is 4. The standard InChI is InChI=1S/C15H19N3OS/c1-3-4-13-7-12(8-14(16)18-13)15(19)17-10(2)11-5-6-20-9-11/h5-10H,3-4H2,1-2H3,(H2,16,18)(H,17,19). The molecule has 2 heterocycles. The van der Waals surface area contributed by atoms with Crippen molar-refractivity contribution < 1.29 is 4.79 Å². The van der Waals surface area contributed by atoms with Crippen molar-refractivity contribution in [3.8, 4) is 0 Å². The summed E-state index contributed by atoms with van der Waals surface area (Å²) in [5.41, 5.74) is 8.31. The normalized spacial score (nSPS) is 12.1. The summed E-state index contributed by atoms with van der Waals surface area (Å²) in [5.74, 6) is 0.277. The van der Waals surface area contributed by atoms with E-state index in [2.05, 4.69) is 17.2 Å². The van der Waals surface area contributed by atoms with E-state index < -0.39 is 0 Å². The lowest BCUT2D eigenvalue weighted by atomic mass is 10.1. The Kier molecular flexibility index (Phi) is 4.74. The zero-order valence-electron chi connectivity index (χ0n) is 11.7. The lowest BCUT2D eigenvalue weighted by Gasteiger charge is -2.13. The largest absolute Gasteiger partial charge is 0.384 e. The van der Waals surface area contributed by atoms with E-state index in [-0.39, 0.29) is 11.9 Å². The minimum atomic E-state index is -0.116. The van der Waals surface area contributed by atoms with E-state index in [0.29, 0.717) is 11.4 Å². The molecule has 0 aliphatic heterocycles. The van der Waals surface area contributed by atoms with Gasteiger partial charge in [-0.2, -0.15) is 11.3 Å². The monoisotopic (exact) mass is 289 g/mol. The molecule has 20 heavy (non-hydrogen) atoms. The third-order valence-corrected chi connectivity index (χ3v) is 3.76. The van der Waals surface area contributed by atoms with Crippen LogP contribution in [0.1, 0.15) is 47.9 Å². The van der Waals surface area contributed by atoms with Crippen LogP contribution in [0, 0.1) is 0 Å². The van der Waals surface area contributed by atoms with Gasteiger partial charge in [-0.1, -0.05) is 13.3 Å². The quantitative estimate of drug-likeness (QED) is 0.888. The number of thiophene rings is 1. The van der Waals surface area contributed by atoms with Gasteiger partial charge in [0.05, 0.1) is 6.04 Å². The van der Waals surface area contributed by atoms with Gasteiger partial charge in [0.15, 0.2) is 0 Å². The lowest BCUT2D eigenvalue weighted by molar-refractivity contribution is 0.0939. The fourth-order valence-corrected chi connectivity index (χ4v) is 2.76. The Morgan fingerprint density at radius 1 is 1.50 bits per heavy atom. The van der Waals surface area contributed by atoms with E-state index in [1.165, 1.54) is 0 Å². The first-order chi connectivity index (χ1) is 9.60. The first kappa shape index (κ1) is 14.5. The molecule has 0 fully saturated rings. The molecule has 0 bridgehead atoms. The van der Waals surface area contributed by atoms with E-state index >= 15 is 0 Å². The Morgan fingerprint density at radius 2 is 2.30 bits per heavy atom. The Morgan fingerprint density at radius 3 is 2.95 bits per heavy atom. The molecular formula is C15H19N3OS. The molecular weight excluding hydrogens is 270 g/mol. The molecule has 1 unspecified atom stereocenters. The highest BCUT2D eigenvalue weighted by Gasteiger charge is 2.13. The molecule has 1 atom stereocenters. The highest BCUT2D eigenvalue weighted by Crippen LogP contribution is 2.17. The average Bonchev–Trinajstić information content (AvgIpc) is 2.92. The third kappa shape index (κ3) is 3.57. The van der Waals surface area contributed by atoms with E-state index in [4.69, 9.17) is 5.73 Å². The van der Waals surface area contributed by atoms with Gasteiger partial charge >= 0.3 is 0 Å². The van der Waals surface area contributed by atoms with Crippen molar-refractivity contribution in [1.82, 2.24) is 10.3 Å². The molecule has 0 aliphatic rings. The number of pyridine rings is 1. The van der Waals surface area contributed by atoms with Crippen molar-refractivity contribution in [2.45, 2.75) is 32.7 Å². The smallest absolute Gasteiger partial charge is 0.251 e. The zero-order valence-corrected chi connectivity index (χ0v) is 12.5. The number of anilines is 1. The predicted molar refractivity (Wildman–Crippen MR) is 82.8 cm³/mol. The number of amides is 1. The predicted octanol–water partition coefficient (Wildman–Crippen LogP) is 3.17. The molecule has 3 N–H and O–H groups in total. The summed E-state index contributed by atoms with van der Waals surface area (Å²) in [6.45, 7) is 4.04. The maximum Gasteiger partial charge on any atom is 0.251 e. The van der Waals surface area contributed by atoms with Crippen molar-refractivity contribution in [2.75, 3.05) is 5.73 Å². The maximum atomic E-state index is 12.3. The van der Waals surface area contributed by atoms with Gasteiger partial charge in [0.1, 0.15) is 5.82 Å². The number of nitrogens with two attached hydrogens (primary N) is 1. The second-order valence-electron chi connectivity index (χ2n) is 4.77. The minimum Gasteiger partial charge on any atom is -0.384 e. The van der Waals surface area contributed by atoms with Crippen LogP contribution in [0.3, 0.4) is 0 Å². The van der Waals surface area contributed by atoms with E-state index in [9.17, 15) is 4.79 Å². The number of aromatic nitrogens is 1. The topological polar surface area (TPSA) is 68.0 Å². The molecule has 0 saturated heterocycles. The summed E-state index contributed by atoms with van der Waals surface area (Å²) < 4.78 is 0. The van der Waals surface area contributed by atoms with Crippen molar-refractivity contribution in [3.63, 3.8) is 0 Å². The van der Waals surface area contributed by atoms with Crippen molar-refractivity contribution in [3.05, 3.63) is 45.8 Å². The fraction of sp³-hybridized carbons (Fsp3) is 0.333. The number of hydrogen-bond donors (Lipinski definition) is 2. The average molecular weight is 289 g/mol. The van der Waals surface area contributed by atoms with Crippen LogP contribution < -0.4 is 11.1 Å². The molecule has 0 aliphatic carbocycles. The lowest BCUT2D eigenvalue weighted by Crippen LogP contribution is -2.26. The number of carbonyl (C=O) groups excluding carboxylic acids is 1. The Bertz CT molecular complexity index is 581. The maximum absolute atomic E-state index is 12.3. The van der Waals surface area contributed by atoms with Gasteiger partial charge in [0, 0.05) is 11.3 Å². The van der Waals surface area contributed by atoms with E-state index in [0.717, 1.165) is 24.1 Å². The second-order valence-corrected chi connectivity index (χ2v) is 5.55. The molecule has 0 spiro atoms. The Balaban J connectivity index is 2.12. The van der Waals surface area contributed by atoms with Gasteiger partial charge in [-0.25, -0.2) is 4.98 Å². The Labute approximate surface area is 123 Å². The highest BCUT2D eigenvalue weighted by atomic mass is 32.1. The van der Waals surface area contributed by atoms with Crippen molar-refractivity contribution in [1.29, 1.82) is 0 Å². The number of rotatable bonds is 5. The molecule has 106 valence electrons. The van der Waals surface area contributed by atoms with E-state index in [1.54, 1.807) is 17.4 Å². The van der Waals surface area contributed by atoms with Crippen LogP contribution >= 0.6 is 11.3 Å². The van der Waals surface area contributed by atoms with E-state index in [1.807, 2.05) is 29.8 Å². The minimum absolute atomic E-state index is 0.0160. The molecule has 0 saturated carbocycles. The summed E-state index contributed by atoms with van der Waals surface area (Å²) in [4.78, 5) is 16.5. The van der Waals surface area contributed by atoms with Crippen LogP contribution in [0.2, 0.25) is 0 Å². The van der Waals surface area contributed by atoms with Crippen LogP contribution in [-0.4, -0.2) is 10.9 Å².